The highest BCUT2D eigenvalue weighted by Crippen LogP contribution is 2.21. The van der Waals surface area contributed by atoms with Crippen LogP contribution in [0, 0.1) is 17.5 Å². The van der Waals surface area contributed by atoms with Crippen molar-refractivity contribution < 1.29 is 18.0 Å². The minimum atomic E-state index is -1.67. The van der Waals surface area contributed by atoms with E-state index in [1.54, 1.807) is 24.3 Å². The highest BCUT2D eigenvalue weighted by Gasteiger charge is 2.17. The number of benzene rings is 2. The molecule has 0 saturated carbocycles. The number of carbonyl (C=O) groups excluding carboxylic acids is 1. The maximum absolute atomic E-state index is 13.6. The van der Waals surface area contributed by atoms with Gasteiger partial charge < -0.3 is 10.6 Å². The van der Waals surface area contributed by atoms with Gasteiger partial charge in [-0.1, -0.05) is 17.7 Å². The molecule has 5 nitrogen and oxygen atoms in total. The van der Waals surface area contributed by atoms with Gasteiger partial charge in [-0.15, -0.1) is 10.2 Å². The number of hydrogen-bond acceptors (Lipinski definition) is 4. The van der Waals surface area contributed by atoms with E-state index >= 15 is 0 Å². The first kappa shape index (κ1) is 17.7. The molecule has 9 heteroatoms. The van der Waals surface area contributed by atoms with Crippen molar-refractivity contribution in [1.29, 1.82) is 0 Å². The lowest BCUT2D eigenvalue weighted by Gasteiger charge is -2.08. The smallest absolute Gasteiger partial charge is 0.276 e. The zero-order valence-electron chi connectivity index (χ0n) is 12.9. The van der Waals surface area contributed by atoms with E-state index < -0.39 is 29.0 Å². The Morgan fingerprint density at radius 2 is 1.77 bits per heavy atom. The first-order valence-corrected chi connectivity index (χ1v) is 7.63. The average Bonchev–Trinajstić information content (AvgIpc) is 2.63. The van der Waals surface area contributed by atoms with Gasteiger partial charge in [-0.25, -0.2) is 13.2 Å². The summed E-state index contributed by atoms with van der Waals surface area (Å²) in [6, 6.07) is 11.3. The van der Waals surface area contributed by atoms with E-state index in [2.05, 4.69) is 20.8 Å². The molecule has 26 heavy (non-hydrogen) atoms. The van der Waals surface area contributed by atoms with Crippen LogP contribution in [0.1, 0.15) is 10.5 Å². The summed E-state index contributed by atoms with van der Waals surface area (Å²) < 4.78 is 39.7. The second kappa shape index (κ2) is 7.40. The molecule has 2 N–H and O–H groups in total. The number of hydrogen-bond donors (Lipinski definition) is 2. The van der Waals surface area contributed by atoms with E-state index in [1.807, 2.05) is 0 Å². The molecule has 1 amide bonds. The van der Waals surface area contributed by atoms with E-state index in [9.17, 15) is 18.0 Å². The lowest BCUT2D eigenvalue weighted by molar-refractivity contribution is 0.102. The quantitative estimate of drug-likeness (QED) is 0.654. The van der Waals surface area contributed by atoms with Gasteiger partial charge in [-0.05, 0) is 42.5 Å². The molecule has 0 aliphatic rings. The van der Waals surface area contributed by atoms with Crippen LogP contribution in [-0.4, -0.2) is 16.1 Å². The Balaban J connectivity index is 1.72. The summed E-state index contributed by atoms with van der Waals surface area (Å²) in [6.45, 7) is 0. The van der Waals surface area contributed by atoms with Crippen molar-refractivity contribution in [3.05, 3.63) is 76.7 Å². The first-order valence-electron chi connectivity index (χ1n) is 7.25. The molecular formula is C17H10ClF3N4O. The van der Waals surface area contributed by atoms with Crippen molar-refractivity contribution in [1.82, 2.24) is 10.2 Å². The fourth-order valence-corrected chi connectivity index (χ4v) is 2.23. The summed E-state index contributed by atoms with van der Waals surface area (Å²) in [4.78, 5) is 12.0. The third-order valence-electron chi connectivity index (χ3n) is 3.28. The van der Waals surface area contributed by atoms with Crippen molar-refractivity contribution in [2.24, 2.45) is 0 Å². The van der Waals surface area contributed by atoms with Gasteiger partial charge in [0.05, 0.1) is 5.69 Å². The van der Waals surface area contributed by atoms with Crippen molar-refractivity contribution in [2.75, 3.05) is 10.6 Å². The summed E-state index contributed by atoms with van der Waals surface area (Å²) in [5, 5.41) is 13.1. The molecule has 3 rings (SSSR count). The van der Waals surface area contributed by atoms with E-state index in [0.29, 0.717) is 22.6 Å². The van der Waals surface area contributed by atoms with Crippen LogP contribution in [0.25, 0.3) is 0 Å². The van der Waals surface area contributed by atoms with Gasteiger partial charge >= 0.3 is 0 Å². The Hall–Kier alpha value is -3.13. The molecule has 0 fully saturated rings. The highest BCUT2D eigenvalue weighted by molar-refractivity contribution is 6.30. The van der Waals surface area contributed by atoms with Crippen LogP contribution in [0.5, 0.6) is 0 Å². The standard InChI is InChI=1S/C17H10ClF3N4O/c18-9-2-1-3-10(8-9)22-14-7-6-13(24-25-14)17(26)23-12-5-4-11(19)15(20)16(12)21/h1-8H,(H,22,25)(H,23,26). The predicted molar refractivity (Wildman–Crippen MR) is 91.0 cm³/mol. The number of anilines is 3. The van der Waals surface area contributed by atoms with Crippen LogP contribution in [0.15, 0.2) is 48.5 Å². The molecule has 0 saturated heterocycles. The lowest BCUT2D eigenvalue weighted by Crippen LogP contribution is -2.16. The maximum atomic E-state index is 13.6. The van der Waals surface area contributed by atoms with E-state index in [1.165, 1.54) is 12.1 Å². The fraction of sp³-hybridized carbons (Fsp3) is 0. The molecule has 0 atom stereocenters. The van der Waals surface area contributed by atoms with Gasteiger partial charge in [0, 0.05) is 10.7 Å². The summed E-state index contributed by atoms with van der Waals surface area (Å²) in [6.07, 6.45) is 0. The van der Waals surface area contributed by atoms with Crippen LogP contribution in [-0.2, 0) is 0 Å². The zero-order chi connectivity index (χ0) is 18.7. The Morgan fingerprint density at radius 3 is 2.46 bits per heavy atom. The molecule has 0 spiro atoms. The molecule has 0 bridgehead atoms. The lowest BCUT2D eigenvalue weighted by atomic mass is 10.2. The SMILES string of the molecule is O=C(Nc1ccc(F)c(F)c1F)c1ccc(Nc2cccc(Cl)c2)nn1. The minimum absolute atomic E-state index is 0.134. The summed E-state index contributed by atoms with van der Waals surface area (Å²) in [5.41, 5.74) is 0.0375. The Bertz CT molecular complexity index is 967. The van der Waals surface area contributed by atoms with E-state index in [4.69, 9.17) is 11.6 Å². The number of aromatic nitrogens is 2. The monoisotopic (exact) mass is 378 g/mol. The maximum Gasteiger partial charge on any atom is 0.276 e. The number of nitrogens with zero attached hydrogens (tertiary/aromatic N) is 2. The van der Waals surface area contributed by atoms with Crippen LogP contribution in [0.2, 0.25) is 5.02 Å². The van der Waals surface area contributed by atoms with Crippen LogP contribution < -0.4 is 10.6 Å². The van der Waals surface area contributed by atoms with Crippen molar-refractivity contribution in [3.8, 4) is 0 Å². The number of amides is 1. The highest BCUT2D eigenvalue weighted by atomic mass is 35.5. The molecule has 3 aromatic rings. The largest absolute Gasteiger partial charge is 0.339 e. The van der Waals surface area contributed by atoms with Crippen molar-refractivity contribution in [3.63, 3.8) is 0 Å². The average molecular weight is 379 g/mol. The molecule has 0 unspecified atom stereocenters. The molecule has 1 aromatic heterocycles. The summed E-state index contributed by atoms with van der Waals surface area (Å²) >= 11 is 5.88. The first-order chi connectivity index (χ1) is 12.4. The molecule has 2 aromatic carbocycles. The summed E-state index contributed by atoms with van der Waals surface area (Å²) in [5.74, 6) is -4.99. The molecule has 0 aliphatic carbocycles. The van der Waals surface area contributed by atoms with Gasteiger partial charge in [0.1, 0.15) is 0 Å². The Labute approximate surface area is 150 Å². The number of halogens is 4. The number of rotatable bonds is 4. The molecule has 132 valence electrons. The fourth-order valence-electron chi connectivity index (χ4n) is 2.04. The van der Waals surface area contributed by atoms with Crippen molar-refractivity contribution in [2.45, 2.75) is 0 Å². The van der Waals surface area contributed by atoms with Gasteiger partial charge in [-0.3, -0.25) is 4.79 Å². The third kappa shape index (κ3) is 3.92. The molecular weight excluding hydrogens is 369 g/mol. The van der Waals surface area contributed by atoms with E-state index in [-0.39, 0.29) is 5.69 Å². The summed E-state index contributed by atoms with van der Waals surface area (Å²) in [7, 11) is 0. The second-order valence-electron chi connectivity index (χ2n) is 5.12. The number of carbonyl (C=O) groups is 1. The Morgan fingerprint density at radius 1 is 0.962 bits per heavy atom. The molecule has 1 heterocycles. The van der Waals surface area contributed by atoms with Gasteiger partial charge in [0.2, 0.25) is 0 Å². The normalized spacial score (nSPS) is 10.5. The van der Waals surface area contributed by atoms with Gasteiger partial charge in [0.25, 0.3) is 5.91 Å². The number of nitrogens with one attached hydrogen (secondary N) is 2. The molecule has 0 radical (unpaired) electrons. The van der Waals surface area contributed by atoms with Gasteiger partial charge in [-0.2, -0.15) is 0 Å². The van der Waals surface area contributed by atoms with Crippen LogP contribution in [0.4, 0.5) is 30.4 Å². The minimum Gasteiger partial charge on any atom is -0.339 e. The van der Waals surface area contributed by atoms with Gasteiger partial charge in [0.15, 0.2) is 29.0 Å². The third-order valence-corrected chi connectivity index (χ3v) is 3.51. The topological polar surface area (TPSA) is 66.9 Å². The van der Waals surface area contributed by atoms with Crippen molar-refractivity contribution >= 4 is 34.7 Å². The molecule has 0 aliphatic heterocycles. The second-order valence-corrected chi connectivity index (χ2v) is 5.55. The predicted octanol–water partition coefficient (Wildman–Crippen LogP) is 4.54. The van der Waals surface area contributed by atoms with Crippen LogP contribution >= 0.6 is 11.6 Å². The van der Waals surface area contributed by atoms with E-state index in [0.717, 1.165) is 6.07 Å². The van der Waals surface area contributed by atoms with Crippen LogP contribution in [0.3, 0.4) is 0 Å². The zero-order valence-corrected chi connectivity index (χ0v) is 13.7. The Kier molecular flexibility index (Phi) is 5.04.